The summed E-state index contributed by atoms with van der Waals surface area (Å²) < 4.78 is 6.10. The molecule has 18 heavy (non-hydrogen) atoms. The van der Waals surface area contributed by atoms with E-state index in [9.17, 15) is 4.79 Å². The molecule has 1 aromatic rings. The highest BCUT2D eigenvalue weighted by Crippen LogP contribution is 2.41. The molecule has 0 atom stereocenters. The third-order valence-electron chi connectivity index (χ3n) is 3.98. The number of ether oxygens (including phenoxy) is 1. The van der Waals surface area contributed by atoms with E-state index in [2.05, 4.69) is 6.07 Å². The Labute approximate surface area is 106 Å². The highest BCUT2D eigenvalue weighted by Gasteiger charge is 2.41. The smallest absolute Gasteiger partial charge is 0.170 e. The monoisotopic (exact) mass is 241 g/mol. The van der Waals surface area contributed by atoms with Crippen LogP contribution in [0.3, 0.4) is 0 Å². The fourth-order valence-corrected chi connectivity index (χ4v) is 3.04. The number of carbonyl (C=O) groups is 1. The predicted octanol–water partition coefficient (Wildman–Crippen LogP) is 3.23. The normalized spacial score (nSPS) is 20.9. The first-order chi connectivity index (χ1) is 8.72. The van der Waals surface area contributed by atoms with Gasteiger partial charge in [0.2, 0.25) is 0 Å². The molecule has 3 nitrogen and oxygen atoms in total. The van der Waals surface area contributed by atoms with Gasteiger partial charge in [0.1, 0.15) is 11.4 Å². The number of hydrogen-bond donors (Lipinski definition) is 0. The van der Waals surface area contributed by atoms with Gasteiger partial charge >= 0.3 is 0 Å². The summed E-state index contributed by atoms with van der Waals surface area (Å²) in [6, 6.07) is 7.19. The third-order valence-corrected chi connectivity index (χ3v) is 3.98. The van der Waals surface area contributed by atoms with Gasteiger partial charge in [-0.1, -0.05) is 6.42 Å². The van der Waals surface area contributed by atoms with Crippen LogP contribution in [0.25, 0.3) is 0 Å². The van der Waals surface area contributed by atoms with Crippen LogP contribution in [0.1, 0.15) is 54.4 Å². The second kappa shape index (κ2) is 4.13. The molecule has 0 N–H and O–H groups in total. The van der Waals surface area contributed by atoms with Crippen molar-refractivity contribution in [1.29, 1.82) is 5.26 Å². The number of carbonyl (C=O) groups excluding carboxylic acids is 1. The molecule has 3 heteroatoms. The molecule has 0 amide bonds. The quantitative estimate of drug-likeness (QED) is 0.700. The molecule has 1 saturated carbocycles. The Kier molecular flexibility index (Phi) is 2.59. The molecule has 1 spiro atoms. The molecule has 1 heterocycles. The molecule has 0 unspecified atom stereocenters. The first-order valence-corrected chi connectivity index (χ1v) is 6.49. The zero-order chi connectivity index (χ0) is 12.6. The van der Waals surface area contributed by atoms with Crippen molar-refractivity contribution >= 4 is 5.78 Å². The molecule has 0 aromatic heterocycles. The second-order valence-electron chi connectivity index (χ2n) is 5.27. The van der Waals surface area contributed by atoms with Crippen LogP contribution < -0.4 is 4.74 Å². The number of Topliss-reactive ketones (excluding diaryl/α,β-unsaturated/α-hetero) is 1. The van der Waals surface area contributed by atoms with Crippen molar-refractivity contribution in [1.82, 2.24) is 0 Å². The summed E-state index contributed by atoms with van der Waals surface area (Å²) in [7, 11) is 0. The molecule has 1 aliphatic carbocycles. The van der Waals surface area contributed by atoms with Crippen molar-refractivity contribution in [3.05, 3.63) is 29.3 Å². The molecule has 2 aliphatic rings. The lowest BCUT2D eigenvalue weighted by molar-refractivity contribution is 0.0136. The Balaban J connectivity index is 1.98. The van der Waals surface area contributed by atoms with Gasteiger partial charge in [-0.3, -0.25) is 4.79 Å². The Morgan fingerprint density at radius 1 is 1.22 bits per heavy atom. The minimum absolute atomic E-state index is 0.121. The van der Waals surface area contributed by atoms with Crippen molar-refractivity contribution in [2.45, 2.75) is 44.1 Å². The van der Waals surface area contributed by atoms with Crippen molar-refractivity contribution in [2.24, 2.45) is 0 Å². The summed E-state index contributed by atoms with van der Waals surface area (Å²) in [6.07, 6.45) is 5.92. The lowest BCUT2D eigenvalue weighted by Gasteiger charge is -2.40. The van der Waals surface area contributed by atoms with E-state index in [0.717, 1.165) is 25.7 Å². The maximum Gasteiger partial charge on any atom is 0.170 e. The SMILES string of the molecule is N#Cc1ccc2c(c1)C(=O)CC1(CCCCC1)O2. The van der Waals surface area contributed by atoms with Crippen LogP contribution in [-0.2, 0) is 0 Å². The number of nitriles is 1. The van der Waals surface area contributed by atoms with Crippen LogP contribution in [0.15, 0.2) is 18.2 Å². The van der Waals surface area contributed by atoms with E-state index in [1.54, 1.807) is 18.2 Å². The van der Waals surface area contributed by atoms with E-state index in [1.165, 1.54) is 6.42 Å². The number of nitrogens with zero attached hydrogens (tertiary/aromatic N) is 1. The average molecular weight is 241 g/mol. The first kappa shape index (κ1) is 11.3. The molecule has 0 bridgehead atoms. The van der Waals surface area contributed by atoms with Crippen molar-refractivity contribution < 1.29 is 9.53 Å². The second-order valence-corrected chi connectivity index (χ2v) is 5.27. The number of hydrogen-bond acceptors (Lipinski definition) is 3. The fraction of sp³-hybridized carbons (Fsp3) is 0.467. The Bertz CT molecular complexity index is 536. The first-order valence-electron chi connectivity index (χ1n) is 6.49. The van der Waals surface area contributed by atoms with E-state index < -0.39 is 0 Å². The summed E-state index contributed by atoms with van der Waals surface area (Å²) >= 11 is 0. The fourth-order valence-electron chi connectivity index (χ4n) is 3.04. The highest BCUT2D eigenvalue weighted by molar-refractivity contribution is 6.00. The number of fused-ring (bicyclic) bond motifs is 1. The maximum absolute atomic E-state index is 12.2. The van der Waals surface area contributed by atoms with Gasteiger partial charge in [0.15, 0.2) is 5.78 Å². The van der Waals surface area contributed by atoms with E-state index >= 15 is 0 Å². The summed E-state index contributed by atoms with van der Waals surface area (Å²) in [5, 5.41) is 8.87. The van der Waals surface area contributed by atoms with Gasteiger partial charge in [-0.25, -0.2) is 0 Å². The number of rotatable bonds is 0. The van der Waals surface area contributed by atoms with Crippen LogP contribution in [-0.4, -0.2) is 11.4 Å². The Hall–Kier alpha value is -1.82. The molecular weight excluding hydrogens is 226 g/mol. The van der Waals surface area contributed by atoms with Crippen LogP contribution >= 0.6 is 0 Å². The molecule has 1 aliphatic heterocycles. The van der Waals surface area contributed by atoms with Crippen LogP contribution in [0, 0.1) is 11.3 Å². The van der Waals surface area contributed by atoms with Gasteiger partial charge in [0, 0.05) is 0 Å². The molecule has 1 aromatic carbocycles. The summed E-state index contributed by atoms with van der Waals surface area (Å²) in [5.41, 5.74) is 0.826. The summed E-state index contributed by atoms with van der Waals surface area (Å²) in [4.78, 5) is 12.2. The standard InChI is InChI=1S/C15H15NO2/c16-10-11-4-5-14-12(8-11)13(17)9-15(18-14)6-2-1-3-7-15/h4-5,8H,1-3,6-7,9H2. The number of benzene rings is 1. The third kappa shape index (κ3) is 1.78. The van der Waals surface area contributed by atoms with Gasteiger partial charge in [0.25, 0.3) is 0 Å². The van der Waals surface area contributed by atoms with Gasteiger partial charge in [0.05, 0.1) is 23.6 Å². The van der Waals surface area contributed by atoms with Gasteiger partial charge in [-0.05, 0) is 43.9 Å². The summed E-state index contributed by atoms with van der Waals surface area (Å²) in [6.45, 7) is 0. The van der Waals surface area contributed by atoms with Crippen molar-refractivity contribution in [2.75, 3.05) is 0 Å². The summed E-state index contributed by atoms with van der Waals surface area (Å²) in [5.74, 6) is 0.780. The molecule has 92 valence electrons. The Morgan fingerprint density at radius 3 is 2.72 bits per heavy atom. The van der Waals surface area contributed by atoms with Gasteiger partial charge in [-0.15, -0.1) is 0 Å². The zero-order valence-corrected chi connectivity index (χ0v) is 10.2. The van der Waals surface area contributed by atoms with Gasteiger partial charge < -0.3 is 4.74 Å². The molecule has 0 radical (unpaired) electrons. The highest BCUT2D eigenvalue weighted by atomic mass is 16.5. The minimum atomic E-state index is -0.267. The topological polar surface area (TPSA) is 50.1 Å². The molecular formula is C15H15NO2. The van der Waals surface area contributed by atoms with Crippen LogP contribution in [0.4, 0.5) is 0 Å². The molecule has 3 rings (SSSR count). The lowest BCUT2D eigenvalue weighted by Crippen LogP contribution is -2.43. The van der Waals surface area contributed by atoms with Crippen LogP contribution in [0.2, 0.25) is 0 Å². The lowest BCUT2D eigenvalue weighted by atomic mass is 9.78. The van der Waals surface area contributed by atoms with E-state index in [1.807, 2.05) is 0 Å². The predicted molar refractivity (Wildman–Crippen MR) is 66.5 cm³/mol. The van der Waals surface area contributed by atoms with Crippen LogP contribution in [0.5, 0.6) is 5.75 Å². The zero-order valence-electron chi connectivity index (χ0n) is 10.2. The maximum atomic E-state index is 12.2. The van der Waals surface area contributed by atoms with E-state index in [4.69, 9.17) is 10.00 Å². The van der Waals surface area contributed by atoms with Crippen molar-refractivity contribution in [3.8, 4) is 11.8 Å². The van der Waals surface area contributed by atoms with E-state index in [0.29, 0.717) is 23.3 Å². The minimum Gasteiger partial charge on any atom is -0.486 e. The van der Waals surface area contributed by atoms with Gasteiger partial charge in [-0.2, -0.15) is 5.26 Å². The molecule has 1 fully saturated rings. The average Bonchev–Trinajstić information content (AvgIpc) is 2.39. The van der Waals surface area contributed by atoms with Crippen molar-refractivity contribution in [3.63, 3.8) is 0 Å². The Morgan fingerprint density at radius 2 is 2.00 bits per heavy atom. The van der Waals surface area contributed by atoms with E-state index in [-0.39, 0.29) is 11.4 Å². The molecule has 0 saturated heterocycles. The number of ketones is 1. The largest absolute Gasteiger partial charge is 0.486 e.